The van der Waals surface area contributed by atoms with Crippen molar-refractivity contribution in [2.75, 3.05) is 13.1 Å². The summed E-state index contributed by atoms with van der Waals surface area (Å²) in [5.41, 5.74) is 2.02. The van der Waals surface area contributed by atoms with E-state index in [2.05, 4.69) is 36.2 Å². The third kappa shape index (κ3) is 4.93. The number of amides is 1. The smallest absolute Gasteiger partial charge is 0.223 e. The van der Waals surface area contributed by atoms with Gasteiger partial charge in [0.25, 0.3) is 0 Å². The Hall–Kier alpha value is -2.04. The summed E-state index contributed by atoms with van der Waals surface area (Å²) >= 11 is 6.10. The molecule has 2 aliphatic heterocycles. The molecule has 0 unspecified atom stereocenters. The molecule has 2 heterocycles. The fraction of sp³-hybridized carbons (Fsp3) is 0.458. The van der Waals surface area contributed by atoms with E-state index in [1.807, 2.05) is 36.4 Å². The fourth-order valence-electron chi connectivity index (χ4n) is 4.47. The molecule has 2 aliphatic rings. The van der Waals surface area contributed by atoms with Crippen molar-refractivity contribution in [3.8, 4) is 5.75 Å². The number of nitrogens with zero attached hydrogens (tertiary/aromatic N) is 1. The standard InChI is InChI=1S/C24H29ClN2O2/c1-24(2)15-21(20-8-3-4-9-22(20)29-24)26-23(28)18-10-12-27(13-11-18)16-17-6-5-7-19(25)14-17/h3-9,14,18,21H,10-13,15-16H2,1-2H3,(H,26,28)/t21-/m1/s1. The van der Waals surface area contributed by atoms with Gasteiger partial charge in [0.05, 0.1) is 6.04 Å². The van der Waals surface area contributed by atoms with Gasteiger partial charge in [-0.1, -0.05) is 41.9 Å². The molecule has 1 atom stereocenters. The first-order chi connectivity index (χ1) is 13.9. The molecule has 0 aromatic heterocycles. The van der Waals surface area contributed by atoms with Gasteiger partial charge in [0.1, 0.15) is 11.4 Å². The van der Waals surface area contributed by atoms with Gasteiger partial charge in [-0.25, -0.2) is 0 Å². The van der Waals surface area contributed by atoms with Crippen molar-refractivity contribution in [1.29, 1.82) is 0 Å². The van der Waals surface area contributed by atoms with Gasteiger partial charge in [-0.2, -0.15) is 0 Å². The monoisotopic (exact) mass is 412 g/mol. The number of benzene rings is 2. The summed E-state index contributed by atoms with van der Waals surface area (Å²) in [5.74, 6) is 1.12. The predicted molar refractivity (Wildman–Crippen MR) is 116 cm³/mol. The van der Waals surface area contributed by atoms with Crippen LogP contribution in [0.3, 0.4) is 0 Å². The molecule has 1 N–H and O–H groups in total. The average molecular weight is 413 g/mol. The number of carbonyl (C=O) groups excluding carboxylic acids is 1. The maximum absolute atomic E-state index is 13.0. The lowest BCUT2D eigenvalue weighted by atomic mass is 9.88. The summed E-state index contributed by atoms with van der Waals surface area (Å²) in [6.07, 6.45) is 2.56. The van der Waals surface area contributed by atoms with E-state index in [9.17, 15) is 4.79 Å². The molecule has 0 spiro atoms. The van der Waals surface area contributed by atoms with Crippen LogP contribution in [0.15, 0.2) is 48.5 Å². The lowest BCUT2D eigenvalue weighted by molar-refractivity contribution is -0.127. The fourth-order valence-corrected chi connectivity index (χ4v) is 4.68. The second-order valence-corrected chi connectivity index (χ2v) is 9.28. The van der Waals surface area contributed by atoms with Crippen LogP contribution in [0.1, 0.15) is 50.3 Å². The Morgan fingerprint density at radius 3 is 2.69 bits per heavy atom. The van der Waals surface area contributed by atoms with Crippen molar-refractivity contribution < 1.29 is 9.53 Å². The van der Waals surface area contributed by atoms with Crippen LogP contribution in [-0.4, -0.2) is 29.5 Å². The van der Waals surface area contributed by atoms with Crippen LogP contribution in [0, 0.1) is 5.92 Å². The van der Waals surface area contributed by atoms with E-state index in [-0.39, 0.29) is 23.5 Å². The number of nitrogens with one attached hydrogen (secondary N) is 1. The minimum absolute atomic E-state index is 0.00643. The number of ether oxygens (including phenoxy) is 1. The summed E-state index contributed by atoms with van der Waals surface area (Å²) in [6, 6.07) is 16.1. The minimum Gasteiger partial charge on any atom is -0.487 e. The molecule has 29 heavy (non-hydrogen) atoms. The highest BCUT2D eigenvalue weighted by molar-refractivity contribution is 6.30. The Kier molecular flexibility index (Phi) is 5.84. The Morgan fingerprint density at radius 1 is 1.17 bits per heavy atom. The summed E-state index contributed by atoms with van der Waals surface area (Å²) < 4.78 is 6.09. The van der Waals surface area contributed by atoms with Crippen molar-refractivity contribution in [2.24, 2.45) is 5.92 Å². The minimum atomic E-state index is -0.285. The zero-order valence-corrected chi connectivity index (χ0v) is 17.9. The molecule has 1 amide bonds. The van der Waals surface area contributed by atoms with Crippen LogP contribution >= 0.6 is 11.6 Å². The van der Waals surface area contributed by atoms with E-state index < -0.39 is 0 Å². The molecule has 154 valence electrons. The van der Waals surface area contributed by atoms with Crippen LogP contribution in [0.25, 0.3) is 0 Å². The summed E-state index contributed by atoms with van der Waals surface area (Å²) in [6.45, 7) is 6.91. The molecule has 0 radical (unpaired) electrons. The summed E-state index contributed by atoms with van der Waals surface area (Å²) in [5, 5.41) is 4.09. The largest absolute Gasteiger partial charge is 0.487 e. The molecule has 0 aliphatic carbocycles. The van der Waals surface area contributed by atoms with E-state index in [0.29, 0.717) is 0 Å². The van der Waals surface area contributed by atoms with E-state index >= 15 is 0 Å². The Balaban J connectivity index is 1.34. The molecule has 0 saturated carbocycles. The summed E-state index contributed by atoms with van der Waals surface area (Å²) in [7, 11) is 0. The zero-order chi connectivity index (χ0) is 20.4. The first-order valence-electron chi connectivity index (χ1n) is 10.4. The maximum Gasteiger partial charge on any atom is 0.223 e. The molecule has 1 saturated heterocycles. The lowest BCUT2D eigenvalue weighted by Crippen LogP contribution is -2.45. The molecule has 4 nitrogen and oxygen atoms in total. The summed E-state index contributed by atoms with van der Waals surface area (Å²) in [4.78, 5) is 15.4. The van der Waals surface area contributed by atoms with Gasteiger partial charge >= 0.3 is 0 Å². The number of halogens is 1. The molecule has 4 rings (SSSR count). The van der Waals surface area contributed by atoms with Crippen LogP contribution in [0.2, 0.25) is 5.02 Å². The van der Waals surface area contributed by atoms with Gasteiger partial charge in [-0.15, -0.1) is 0 Å². The van der Waals surface area contributed by atoms with Crippen molar-refractivity contribution in [3.63, 3.8) is 0 Å². The van der Waals surface area contributed by atoms with E-state index in [1.165, 1.54) is 5.56 Å². The molecule has 1 fully saturated rings. The molecule has 2 aromatic carbocycles. The highest BCUT2D eigenvalue weighted by atomic mass is 35.5. The first-order valence-corrected chi connectivity index (χ1v) is 10.8. The number of likely N-dealkylation sites (tertiary alicyclic amines) is 1. The van der Waals surface area contributed by atoms with Crippen LogP contribution < -0.4 is 10.1 Å². The van der Waals surface area contributed by atoms with Gasteiger partial charge in [0, 0.05) is 29.5 Å². The number of piperidine rings is 1. The zero-order valence-electron chi connectivity index (χ0n) is 17.2. The number of hydrogen-bond acceptors (Lipinski definition) is 3. The average Bonchev–Trinajstić information content (AvgIpc) is 2.67. The van der Waals surface area contributed by atoms with Crippen molar-refractivity contribution in [2.45, 2.75) is 51.3 Å². The van der Waals surface area contributed by atoms with Crippen molar-refractivity contribution in [3.05, 3.63) is 64.7 Å². The molecule has 0 bridgehead atoms. The van der Waals surface area contributed by atoms with E-state index in [1.54, 1.807) is 0 Å². The third-order valence-corrected chi connectivity index (χ3v) is 6.18. The Labute approximate surface area is 178 Å². The number of para-hydroxylation sites is 1. The predicted octanol–water partition coefficient (Wildman–Crippen LogP) is 4.97. The second-order valence-electron chi connectivity index (χ2n) is 8.85. The molecular weight excluding hydrogens is 384 g/mol. The van der Waals surface area contributed by atoms with Gasteiger partial charge in [-0.3, -0.25) is 9.69 Å². The van der Waals surface area contributed by atoms with E-state index in [4.69, 9.17) is 16.3 Å². The quantitative estimate of drug-likeness (QED) is 0.770. The lowest BCUT2D eigenvalue weighted by Gasteiger charge is -2.39. The number of fused-ring (bicyclic) bond motifs is 1. The van der Waals surface area contributed by atoms with Crippen LogP contribution in [0.5, 0.6) is 5.75 Å². The third-order valence-electron chi connectivity index (χ3n) is 5.95. The topological polar surface area (TPSA) is 41.6 Å². The van der Waals surface area contributed by atoms with Gasteiger partial charge in [0.2, 0.25) is 5.91 Å². The number of carbonyl (C=O) groups is 1. The Morgan fingerprint density at radius 2 is 1.93 bits per heavy atom. The van der Waals surface area contributed by atoms with Crippen LogP contribution in [-0.2, 0) is 11.3 Å². The van der Waals surface area contributed by atoms with E-state index in [0.717, 1.165) is 55.2 Å². The highest BCUT2D eigenvalue weighted by Crippen LogP contribution is 2.39. The van der Waals surface area contributed by atoms with Gasteiger partial charge < -0.3 is 10.1 Å². The maximum atomic E-state index is 13.0. The molecule has 2 aromatic rings. The normalized spacial score (nSPS) is 21.8. The van der Waals surface area contributed by atoms with Crippen molar-refractivity contribution in [1.82, 2.24) is 10.2 Å². The highest BCUT2D eigenvalue weighted by Gasteiger charge is 2.35. The van der Waals surface area contributed by atoms with Crippen LogP contribution in [0.4, 0.5) is 0 Å². The Bertz CT molecular complexity index is 875. The number of rotatable bonds is 4. The second kappa shape index (κ2) is 8.37. The SMILES string of the molecule is CC1(C)C[C@@H](NC(=O)C2CCN(Cc3cccc(Cl)c3)CC2)c2ccccc2O1. The first kappa shape index (κ1) is 20.2. The number of hydrogen-bond donors (Lipinski definition) is 1. The molecular formula is C24H29ClN2O2. The molecule has 5 heteroatoms. The van der Waals surface area contributed by atoms with Crippen molar-refractivity contribution >= 4 is 17.5 Å². The van der Waals surface area contributed by atoms with Gasteiger partial charge in [0.15, 0.2) is 0 Å². The van der Waals surface area contributed by atoms with Gasteiger partial charge in [-0.05, 0) is 63.5 Å².